The summed E-state index contributed by atoms with van der Waals surface area (Å²) >= 11 is 6.39. The molecule has 2 aromatic rings. The molecule has 0 saturated carbocycles. The Balaban J connectivity index is 1.95. The zero-order chi connectivity index (χ0) is 17.4. The van der Waals surface area contributed by atoms with Gasteiger partial charge in [0, 0.05) is 19.2 Å². The van der Waals surface area contributed by atoms with Gasteiger partial charge >= 0.3 is 0 Å². The van der Waals surface area contributed by atoms with Crippen molar-refractivity contribution < 1.29 is 4.79 Å². The second kappa shape index (κ2) is 6.25. The van der Waals surface area contributed by atoms with Crippen LogP contribution in [0.3, 0.4) is 0 Å². The summed E-state index contributed by atoms with van der Waals surface area (Å²) in [6, 6.07) is 5.23. The summed E-state index contributed by atoms with van der Waals surface area (Å²) in [5.41, 5.74) is 3.16. The summed E-state index contributed by atoms with van der Waals surface area (Å²) in [7, 11) is 1.80. The highest BCUT2D eigenvalue weighted by Crippen LogP contribution is 2.38. The maximum atomic E-state index is 12.9. The Morgan fingerprint density at radius 2 is 2.12 bits per heavy atom. The molecule has 3 heterocycles. The van der Waals surface area contributed by atoms with Crippen molar-refractivity contribution in [1.82, 2.24) is 19.7 Å². The summed E-state index contributed by atoms with van der Waals surface area (Å²) in [5.74, 6) is -0.135. The number of carbonyl (C=O) groups is 1. The smallest absolute Gasteiger partial charge is 0.272 e. The molecule has 1 amide bonds. The summed E-state index contributed by atoms with van der Waals surface area (Å²) < 4.78 is 1.64. The molecule has 0 N–H and O–H groups in total. The molecule has 2 aromatic heterocycles. The second-order valence-corrected chi connectivity index (χ2v) is 6.37. The number of likely N-dealkylation sites (tertiary alicyclic amines) is 1. The summed E-state index contributed by atoms with van der Waals surface area (Å²) in [5, 5.41) is 13.9. The summed E-state index contributed by atoms with van der Waals surface area (Å²) in [6.07, 6.45) is 1.77. The second-order valence-electron chi connectivity index (χ2n) is 6.01. The molecule has 3 rings (SSSR count). The molecule has 0 bridgehead atoms. The minimum Gasteiger partial charge on any atom is -0.330 e. The fourth-order valence-corrected chi connectivity index (χ4v) is 3.58. The molecule has 1 aliphatic heterocycles. The molecular formula is C17H18ClN5O. The van der Waals surface area contributed by atoms with E-state index < -0.39 is 0 Å². The Hall–Kier alpha value is -2.39. The van der Waals surface area contributed by atoms with Gasteiger partial charge in [0.1, 0.15) is 16.9 Å². The standard InChI is InChI=1S/C17H18ClN5O/c1-10-12(9-19)6-7-13(20-10)17(24)23-8-4-5-14(23)15-11(2)21-22(3)16(15)18/h6-7,14H,4-5,8H2,1-3H3/t14-/m0/s1. The number of carbonyl (C=O) groups excluding carboxylic acids is 1. The highest BCUT2D eigenvalue weighted by atomic mass is 35.5. The molecule has 1 aliphatic rings. The molecule has 1 saturated heterocycles. The molecule has 0 spiro atoms. The quantitative estimate of drug-likeness (QED) is 0.840. The van der Waals surface area contributed by atoms with Gasteiger partial charge in [0.15, 0.2) is 0 Å². The Labute approximate surface area is 145 Å². The highest BCUT2D eigenvalue weighted by molar-refractivity contribution is 6.30. The van der Waals surface area contributed by atoms with Gasteiger partial charge in [0.2, 0.25) is 0 Å². The Bertz CT molecular complexity index is 851. The topological polar surface area (TPSA) is 74.8 Å². The minimum atomic E-state index is -0.135. The average molecular weight is 344 g/mol. The van der Waals surface area contributed by atoms with E-state index in [1.54, 1.807) is 30.8 Å². The molecule has 24 heavy (non-hydrogen) atoms. The minimum absolute atomic E-state index is 0.0866. The third-order valence-corrected chi connectivity index (χ3v) is 4.92. The molecule has 0 radical (unpaired) electrons. The molecule has 0 aromatic carbocycles. The first-order valence-electron chi connectivity index (χ1n) is 7.81. The number of aryl methyl sites for hydroxylation is 3. The van der Waals surface area contributed by atoms with Crippen LogP contribution in [-0.4, -0.2) is 32.1 Å². The number of halogens is 1. The average Bonchev–Trinajstić information content (AvgIpc) is 3.11. The number of nitriles is 1. The number of hydrogen-bond donors (Lipinski definition) is 0. The summed E-state index contributed by atoms with van der Waals surface area (Å²) in [4.78, 5) is 19.0. The van der Waals surface area contributed by atoms with Gasteiger partial charge in [0.05, 0.1) is 23.0 Å². The predicted octanol–water partition coefficient (Wildman–Crippen LogP) is 2.93. The van der Waals surface area contributed by atoms with Crippen LogP contribution in [0.4, 0.5) is 0 Å². The van der Waals surface area contributed by atoms with Crippen molar-refractivity contribution in [3.63, 3.8) is 0 Å². The van der Waals surface area contributed by atoms with Crippen LogP contribution < -0.4 is 0 Å². The van der Waals surface area contributed by atoms with Crippen molar-refractivity contribution in [3.8, 4) is 6.07 Å². The van der Waals surface area contributed by atoms with Crippen LogP contribution in [-0.2, 0) is 7.05 Å². The van der Waals surface area contributed by atoms with Gasteiger partial charge < -0.3 is 4.90 Å². The molecular weight excluding hydrogens is 326 g/mol. The molecule has 0 unspecified atom stereocenters. The normalized spacial score (nSPS) is 17.1. The first kappa shape index (κ1) is 16.5. The Kier molecular flexibility index (Phi) is 4.29. The van der Waals surface area contributed by atoms with E-state index in [1.165, 1.54) is 0 Å². The predicted molar refractivity (Wildman–Crippen MR) is 89.7 cm³/mol. The van der Waals surface area contributed by atoms with E-state index in [2.05, 4.69) is 16.2 Å². The van der Waals surface area contributed by atoms with Crippen molar-refractivity contribution in [2.45, 2.75) is 32.7 Å². The Morgan fingerprint density at radius 1 is 1.38 bits per heavy atom. The largest absolute Gasteiger partial charge is 0.330 e. The lowest BCUT2D eigenvalue weighted by Crippen LogP contribution is -2.31. The zero-order valence-corrected chi connectivity index (χ0v) is 14.6. The maximum absolute atomic E-state index is 12.9. The molecule has 1 atom stereocenters. The first-order valence-corrected chi connectivity index (χ1v) is 8.19. The SMILES string of the molecule is Cc1nc(C(=O)N2CCC[C@H]2c2c(C)nn(C)c2Cl)ccc1C#N. The van der Waals surface area contributed by atoms with Crippen LogP contribution >= 0.6 is 11.6 Å². The van der Waals surface area contributed by atoms with E-state index in [9.17, 15) is 4.79 Å². The fraction of sp³-hybridized carbons (Fsp3) is 0.412. The van der Waals surface area contributed by atoms with Crippen molar-refractivity contribution in [3.05, 3.63) is 45.5 Å². The van der Waals surface area contributed by atoms with Crippen LogP contribution in [0.5, 0.6) is 0 Å². The molecule has 7 heteroatoms. The van der Waals surface area contributed by atoms with E-state index in [1.807, 2.05) is 11.8 Å². The maximum Gasteiger partial charge on any atom is 0.272 e. The number of hydrogen-bond acceptors (Lipinski definition) is 4. The van der Waals surface area contributed by atoms with Gasteiger partial charge in [-0.2, -0.15) is 10.4 Å². The van der Waals surface area contributed by atoms with Crippen molar-refractivity contribution in [1.29, 1.82) is 5.26 Å². The monoisotopic (exact) mass is 343 g/mol. The number of rotatable bonds is 2. The van der Waals surface area contributed by atoms with Crippen LogP contribution in [0.15, 0.2) is 12.1 Å². The molecule has 6 nitrogen and oxygen atoms in total. The molecule has 1 fully saturated rings. The van der Waals surface area contributed by atoms with Crippen LogP contribution in [0.1, 0.15) is 51.9 Å². The van der Waals surface area contributed by atoms with Gasteiger partial charge in [-0.15, -0.1) is 0 Å². The van der Waals surface area contributed by atoms with E-state index >= 15 is 0 Å². The lowest BCUT2D eigenvalue weighted by molar-refractivity contribution is 0.0729. The lowest BCUT2D eigenvalue weighted by atomic mass is 10.1. The van der Waals surface area contributed by atoms with Crippen LogP contribution in [0, 0.1) is 25.2 Å². The van der Waals surface area contributed by atoms with Crippen molar-refractivity contribution >= 4 is 17.5 Å². The first-order chi connectivity index (χ1) is 11.4. The van der Waals surface area contributed by atoms with E-state index in [-0.39, 0.29) is 11.9 Å². The van der Waals surface area contributed by atoms with Gasteiger partial charge in [-0.1, -0.05) is 11.6 Å². The lowest BCUT2D eigenvalue weighted by Gasteiger charge is -2.24. The van der Waals surface area contributed by atoms with Crippen LogP contribution in [0.25, 0.3) is 0 Å². The molecule has 0 aliphatic carbocycles. The van der Waals surface area contributed by atoms with E-state index in [0.717, 1.165) is 24.1 Å². The van der Waals surface area contributed by atoms with Gasteiger partial charge in [-0.3, -0.25) is 9.48 Å². The number of aromatic nitrogens is 3. The Morgan fingerprint density at radius 3 is 2.71 bits per heavy atom. The van der Waals surface area contributed by atoms with Crippen molar-refractivity contribution in [2.24, 2.45) is 7.05 Å². The highest BCUT2D eigenvalue weighted by Gasteiger charge is 2.35. The number of pyridine rings is 1. The third kappa shape index (κ3) is 2.65. The van der Waals surface area contributed by atoms with Crippen LogP contribution in [0.2, 0.25) is 5.15 Å². The van der Waals surface area contributed by atoms with E-state index in [0.29, 0.717) is 28.6 Å². The fourth-order valence-electron chi connectivity index (χ4n) is 3.28. The molecule has 124 valence electrons. The number of nitrogens with zero attached hydrogens (tertiary/aromatic N) is 5. The van der Waals surface area contributed by atoms with E-state index in [4.69, 9.17) is 16.9 Å². The number of amides is 1. The van der Waals surface area contributed by atoms with Gasteiger partial charge in [-0.05, 0) is 38.8 Å². The third-order valence-electron chi connectivity index (χ3n) is 4.47. The van der Waals surface area contributed by atoms with Gasteiger partial charge in [-0.25, -0.2) is 4.98 Å². The van der Waals surface area contributed by atoms with Gasteiger partial charge in [0.25, 0.3) is 5.91 Å². The summed E-state index contributed by atoms with van der Waals surface area (Å²) in [6.45, 7) is 4.31. The van der Waals surface area contributed by atoms with Crippen molar-refractivity contribution in [2.75, 3.05) is 6.54 Å². The zero-order valence-electron chi connectivity index (χ0n) is 13.9.